The molecular formula is C8H8N4O6. The lowest BCUT2D eigenvalue weighted by Crippen LogP contribution is -3.07. The Balaban J connectivity index is 2.38. The lowest BCUT2D eigenvalue weighted by Gasteiger charge is -2.62. The van der Waals surface area contributed by atoms with Crippen LogP contribution in [0.1, 0.15) is 0 Å². The van der Waals surface area contributed by atoms with Gasteiger partial charge in [-0.15, -0.1) is 0 Å². The van der Waals surface area contributed by atoms with Crippen molar-refractivity contribution in [2.45, 2.75) is 22.2 Å². The van der Waals surface area contributed by atoms with Gasteiger partial charge in [-0.1, -0.05) is 0 Å². The quantitative estimate of drug-likeness (QED) is 0.241. The molecule has 0 aromatic rings. The second-order valence-electron chi connectivity index (χ2n) is 4.59. The minimum atomic E-state index is -2.42. The Morgan fingerprint density at radius 1 is 0.556 bits per heavy atom. The maximum Gasteiger partial charge on any atom is 0.339 e. The molecule has 3 rings (SSSR count). The fraction of sp³-hybridized carbons (Fsp3) is 0.500. The minimum Gasteiger partial charge on any atom is -0.390 e. The molecule has 0 aromatic heterocycles. The molecule has 8 N–H and O–H groups in total. The van der Waals surface area contributed by atoms with E-state index in [2.05, 4.69) is 9.47 Å². The highest BCUT2D eigenvalue weighted by atomic mass is 16.6. The Kier molecular flexibility index (Phi) is 1.44. The number of carbonyl (C=O) groups is 4. The van der Waals surface area contributed by atoms with Gasteiger partial charge in [-0.3, -0.25) is 0 Å². The molecule has 3 fully saturated rings. The molecule has 0 atom stereocenters. The lowest BCUT2D eigenvalue weighted by atomic mass is 9.40. The largest absolute Gasteiger partial charge is 0.390 e. The van der Waals surface area contributed by atoms with Gasteiger partial charge in [0, 0.05) is 0 Å². The van der Waals surface area contributed by atoms with Gasteiger partial charge in [0.05, 0.1) is 0 Å². The van der Waals surface area contributed by atoms with Gasteiger partial charge in [0.25, 0.3) is 0 Å². The second kappa shape index (κ2) is 2.31. The molecule has 3 aliphatic rings. The Morgan fingerprint density at radius 2 is 0.722 bits per heavy atom. The van der Waals surface area contributed by atoms with E-state index in [9.17, 15) is 19.2 Å². The second-order valence-corrected chi connectivity index (χ2v) is 4.59. The maximum atomic E-state index is 11.6. The average Bonchev–Trinajstić information content (AvgIpc) is 2.57. The molecule has 18 heavy (non-hydrogen) atoms. The van der Waals surface area contributed by atoms with Crippen LogP contribution in [0.15, 0.2) is 0 Å². The van der Waals surface area contributed by atoms with Gasteiger partial charge in [0.2, 0.25) is 0 Å². The van der Waals surface area contributed by atoms with E-state index in [-0.39, 0.29) is 0 Å². The first-order valence-electron chi connectivity index (χ1n) is 4.79. The van der Waals surface area contributed by atoms with Crippen LogP contribution in [0.25, 0.3) is 0 Å². The summed E-state index contributed by atoms with van der Waals surface area (Å²) in [6, 6.07) is 0. The summed E-state index contributed by atoms with van der Waals surface area (Å²) < 4.78 is 8.54. The number of cyclic esters (lactones) is 4. The van der Waals surface area contributed by atoms with E-state index in [1.165, 1.54) is 0 Å². The molecule has 0 bridgehead atoms. The summed E-state index contributed by atoms with van der Waals surface area (Å²) in [6.45, 7) is 0. The van der Waals surface area contributed by atoms with Crippen LogP contribution in [0.3, 0.4) is 0 Å². The topological polar surface area (TPSA) is 191 Å². The Morgan fingerprint density at radius 3 is 0.889 bits per heavy atom. The SMILES string of the molecule is NC12C(=O)OC(=O)C1(N)C1(N)C(=O)OC(=O)C21N. The van der Waals surface area contributed by atoms with Crippen molar-refractivity contribution in [1.29, 1.82) is 0 Å². The minimum absolute atomic E-state index is 1.31. The molecule has 2 heterocycles. The van der Waals surface area contributed by atoms with Crippen molar-refractivity contribution in [3.05, 3.63) is 0 Å². The van der Waals surface area contributed by atoms with Gasteiger partial charge in [-0.25, -0.2) is 19.2 Å². The monoisotopic (exact) mass is 256 g/mol. The molecule has 0 spiro atoms. The third kappa shape index (κ3) is 0.556. The van der Waals surface area contributed by atoms with Crippen LogP contribution in [-0.4, -0.2) is 46.0 Å². The molecule has 0 radical (unpaired) electrons. The number of esters is 4. The summed E-state index contributed by atoms with van der Waals surface area (Å²) in [7, 11) is 0. The molecule has 1 aliphatic carbocycles. The Hall–Kier alpha value is -1.88. The third-order valence-electron chi connectivity index (χ3n) is 4.15. The van der Waals surface area contributed by atoms with E-state index in [1.54, 1.807) is 0 Å². The number of nitrogens with two attached hydrogens (primary N) is 4. The highest BCUT2D eigenvalue weighted by Crippen LogP contribution is 2.60. The number of fused-ring (bicyclic) bond motifs is 4. The van der Waals surface area contributed by atoms with Crippen LogP contribution < -0.4 is 22.9 Å². The van der Waals surface area contributed by atoms with E-state index >= 15 is 0 Å². The van der Waals surface area contributed by atoms with E-state index in [4.69, 9.17) is 22.9 Å². The van der Waals surface area contributed by atoms with Gasteiger partial charge < -0.3 is 32.4 Å². The van der Waals surface area contributed by atoms with Gasteiger partial charge in [0.15, 0.2) is 22.2 Å². The molecule has 2 aliphatic heterocycles. The van der Waals surface area contributed by atoms with E-state index in [0.29, 0.717) is 0 Å². The normalized spacial score (nSPS) is 53.6. The predicted octanol–water partition coefficient (Wildman–Crippen LogP) is -5.04. The van der Waals surface area contributed by atoms with Crippen LogP contribution in [0.4, 0.5) is 0 Å². The third-order valence-corrected chi connectivity index (χ3v) is 4.15. The molecule has 0 aromatic carbocycles. The summed E-state index contributed by atoms with van der Waals surface area (Å²) in [6.07, 6.45) is 0. The first kappa shape index (κ1) is 11.2. The van der Waals surface area contributed by atoms with Gasteiger partial charge in [0.1, 0.15) is 0 Å². The predicted molar refractivity (Wildman–Crippen MR) is 49.9 cm³/mol. The van der Waals surface area contributed by atoms with Crippen LogP contribution in [0.5, 0.6) is 0 Å². The number of hydrogen-bond acceptors (Lipinski definition) is 10. The van der Waals surface area contributed by atoms with Gasteiger partial charge in [-0.05, 0) is 0 Å². The summed E-state index contributed by atoms with van der Waals surface area (Å²) in [4.78, 5) is 46.5. The standard InChI is InChI=1S/C8H8N4O6/c9-5-1(13)17-2(14)6(5,10)8(12)4(16)18-3(15)7(5,8)11/h9-12H2. The molecular weight excluding hydrogens is 248 g/mol. The molecule has 10 nitrogen and oxygen atoms in total. The van der Waals surface area contributed by atoms with Gasteiger partial charge in [-0.2, -0.15) is 0 Å². The van der Waals surface area contributed by atoms with E-state index in [0.717, 1.165) is 0 Å². The summed E-state index contributed by atoms with van der Waals surface area (Å²) in [5.41, 5.74) is 12.9. The smallest absolute Gasteiger partial charge is 0.339 e. The number of ether oxygens (including phenoxy) is 2. The van der Waals surface area contributed by atoms with E-state index < -0.39 is 46.0 Å². The highest BCUT2D eigenvalue weighted by molar-refractivity contribution is 6.27. The summed E-state index contributed by atoms with van der Waals surface area (Å²) in [5.74, 6) is -5.26. The summed E-state index contributed by atoms with van der Waals surface area (Å²) >= 11 is 0. The fourth-order valence-electron chi connectivity index (χ4n) is 2.96. The number of carbonyl (C=O) groups excluding carboxylic acids is 4. The van der Waals surface area contributed by atoms with Crippen LogP contribution in [0.2, 0.25) is 0 Å². The van der Waals surface area contributed by atoms with E-state index in [1.807, 2.05) is 0 Å². The molecule has 1 saturated carbocycles. The molecule has 10 heteroatoms. The molecule has 96 valence electrons. The number of rotatable bonds is 0. The summed E-state index contributed by atoms with van der Waals surface area (Å²) in [5, 5.41) is 0. The fourth-order valence-corrected chi connectivity index (χ4v) is 2.96. The Labute approximate surface area is 98.5 Å². The van der Waals surface area contributed by atoms with Crippen molar-refractivity contribution < 1.29 is 28.7 Å². The van der Waals surface area contributed by atoms with Crippen LogP contribution in [-0.2, 0) is 28.7 Å². The molecule has 2 saturated heterocycles. The van der Waals surface area contributed by atoms with Crippen molar-refractivity contribution >= 4 is 23.9 Å². The number of hydrogen-bond donors (Lipinski definition) is 4. The highest BCUT2D eigenvalue weighted by Gasteiger charge is 3.01. The van der Waals surface area contributed by atoms with Crippen molar-refractivity contribution in [2.24, 2.45) is 22.9 Å². The maximum absolute atomic E-state index is 11.6. The first-order chi connectivity index (χ1) is 8.10. The Bertz CT molecular complexity index is 462. The average molecular weight is 256 g/mol. The zero-order valence-electron chi connectivity index (χ0n) is 8.76. The lowest BCUT2D eigenvalue weighted by molar-refractivity contribution is -0.162. The zero-order valence-corrected chi connectivity index (χ0v) is 8.76. The van der Waals surface area contributed by atoms with Crippen molar-refractivity contribution in [1.82, 2.24) is 0 Å². The zero-order chi connectivity index (χ0) is 13.7. The first-order valence-corrected chi connectivity index (χ1v) is 4.79. The molecule has 0 unspecified atom stereocenters. The van der Waals surface area contributed by atoms with Gasteiger partial charge >= 0.3 is 23.9 Å². The van der Waals surface area contributed by atoms with Crippen molar-refractivity contribution in [3.8, 4) is 0 Å². The van der Waals surface area contributed by atoms with Crippen molar-refractivity contribution in [3.63, 3.8) is 0 Å². The van der Waals surface area contributed by atoms with Crippen molar-refractivity contribution in [2.75, 3.05) is 0 Å². The van der Waals surface area contributed by atoms with Crippen LogP contribution in [0, 0.1) is 0 Å². The van der Waals surface area contributed by atoms with Crippen LogP contribution >= 0.6 is 0 Å². The molecule has 0 amide bonds.